The Labute approximate surface area is 126 Å². The van der Waals surface area contributed by atoms with Gasteiger partial charge in [-0.25, -0.2) is 0 Å². The molecule has 1 aliphatic heterocycles. The maximum absolute atomic E-state index is 12.2. The summed E-state index contributed by atoms with van der Waals surface area (Å²) in [5.41, 5.74) is 6.71. The van der Waals surface area contributed by atoms with Crippen LogP contribution in [0.3, 0.4) is 0 Å². The number of rotatable bonds is 6. The van der Waals surface area contributed by atoms with Crippen LogP contribution in [0.15, 0.2) is 30.3 Å². The minimum atomic E-state index is -0.000359. The van der Waals surface area contributed by atoms with E-state index in [0.717, 1.165) is 38.4 Å². The Morgan fingerprint density at radius 3 is 2.62 bits per heavy atom. The monoisotopic (exact) mass is 291 g/mol. The van der Waals surface area contributed by atoms with Crippen molar-refractivity contribution in [3.8, 4) is 0 Å². The van der Waals surface area contributed by atoms with Crippen molar-refractivity contribution in [1.29, 1.82) is 0 Å². The van der Waals surface area contributed by atoms with Gasteiger partial charge < -0.3 is 15.4 Å². The minimum Gasteiger partial charge on any atom is -0.379 e. The van der Waals surface area contributed by atoms with Crippen LogP contribution in [0.4, 0.5) is 0 Å². The standard InChI is InChI=1S/C16H25N3O2/c1-14(12-18-7-9-21-10-8-18)19(16(20)11-17)13-15-5-3-2-4-6-15/h2-6,14H,7-13,17H2,1H3. The first-order chi connectivity index (χ1) is 10.2. The molecule has 1 aliphatic rings. The van der Waals surface area contributed by atoms with Crippen LogP contribution in [-0.4, -0.2) is 61.1 Å². The van der Waals surface area contributed by atoms with E-state index >= 15 is 0 Å². The predicted octanol–water partition coefficient (Wildman–Crippen LogP) is 0.695. The van der Waals surface area contributed by atoms with Gasteiger partial charge >= 0.3 is 0 Å². The second kappa shape index (κ2) is 8.12. The lowest BCUT2D eigenvalue weighted by atomic mass is 10.1. The summed E-state index contributed by atoms with van der Waals surface area (Å²) in [7, 11) is 0. The highest BCUT2D eigenvalue weighted by molar-refractivity contribution is 5.78. The zero-order valence-electron chi connectivity index (χ0n) is 12.7. The van der Waals surface area contributed by atoms with Crippen molar-refractivity contribution < 1.29 is 9.53 Å². The number of ether oxygens (including phenoxy) is 1. The summed E-state index contributed by atoms with van der Waals surface area (Å²) in [6.45, 7) is 7.03. The molecule has 0 aromatic heterocycles. The molecule has 1 amide bonds. The molecule has 1 aromatic rings. The fourth-order valence-electron chi connectivity index (χ4n) is 2.64. The lowest BCUT2D eigenvalue weighted by molar-refractivity contribution is -0.133. The van der Waals surface area contributed by atoms with Crippen molar-refractivity contribution in [2.24, 2.45) is 5.73 Å². The number of nitrogens with two attached hydrogens (primary N) is 1. The molecule has 5 heteroatoms. The molecule has 0 spiro atoms. The van der Waals surface area contributed by atoms with Gasteiger partial charge in [0.05, 0.1) is 19.8 Å². The number of hydrogen-bond donors (Lipinski definition) is 1. The van der Waals surface area contributed by atoms with E-state index in [-0.39, 0.29) is 18.5 Å². The Hall–Kier alpha value is -1.43. The van der Waals surface area contributed by atoms with E-state index in [4.69, 9.17) is 10.5 Å². The molecular weight excluding hydrogens is 266 g/mol. The van der Waals surface area contributed by atoms with E-state index < -0.39 is 0 Å². The molecule has 1 unspecified atom stereocenters. The molecule has 1 heterocycles. The Morgan fingerprint density at radius 1 is 1.33 bits per heavy atom. The minimum absolute atomic E-state index is 0.000359. The molecular formula is C16H25N3O2. The van der Waals surface area contributed by atoms with E-state index in [9.17, 15) is 4.79 Å². The highest BCUT2D eigenvalue weighted by Gasteiger charge is 2.22. The molecule has 1 aromatic carbocycles. The van der Waals surface area contributed by atoms with Crippen molar-refractivity contribution in [2.45, 2.75) is 19.5 Å². The topological polar surface area (TPSA) is 58.8 Å². The molecule has 2 rings (SSSR count). The lowest BCUT2D eigenvalue weighted by Crippen LogP contribution is -2.49. The van der Waals surface area contributed by atoms with Gasteiger partial charge in [0, 0.05) is 32.2 Å². The zero-order valence-corrected chi connectivity index (χ0v) is 12.7. The molecule has 0 aliphatic carbocycles. The molecule has 0 saturated carbocycles. The average Bonchev–Trinajstić information content (AvgIpc) is 2.53. The van der Waals surface area contributed by atoms with Crippen LogP contribution in [0.1, 0.15) is 12.5 Å². The first-order valence-electron chi connectivity index (χ1n) is 7.54. The van der Waals surface area contributed by atoms with Gasteiger partial charge in [0.1, 0.15) is 0 Å². The van der Waals surface area contributed by atoms with Crippen molar-refractivity contribution in [3.63, 3.8) is 0 Å². The average molecular weight is 291 g/mol. The van der Waals surface area contributed by atoms with Crippen LogP contribution in [0.25, 0.3) is 0 Å². The first kappa shape index (κ1) is 15.9. The summed E-state index contributed by atoms with van der Waals surface area (Å²) in [6.07, 6.45) is 0. The van der Waals surface area contributed by atoms with Gasteiger partial charge in [-0.2, -0.15) is 0 Å². The van der Waals surface area contributed by atoms with Gasteiger partial charge in [0.25, 0.3) is 0 Å². The number of benzene rings is 1. The highest BCUT2D eigenvalue weighted by atomic mass is 16.5. The number of amides is 1. The molecule has 0 bridgehead atoms. The van der Waals surface area contributed by atoms with Crippen molar-refractivity contribution in [2.75, 3.05) is 39.4 Å². The molecule has 2 N–H and O–H groups in total. The second-order valence-electron chi connectivity index (χ2n) is 5.47. The SMILES string of the molecule is CC(CN1CCOCC1)N(Cc1ccccc1)C(=O)CN. The van der Waals surface area contributed by atoms with Gasteiger partial charge in [-0.15, -0.1) is 0 Å². The second-order valence-corrected chi connectivity index (χ2v) is 5.47. The number of hydrogen-bond acceptors (Lipinski definition) is 4. The van der Waals surface area contributed by atoms with Crippen molar-refractivity contribution in [1.82, 2.24) is 9.80 Å². The van der Waals surface area contributed by atoms with Gasteiger partial charge in [0.2, 0.25) is 5.91 Å². The summed E-state index contributed by atoms with van der Waals surface area (Å²) >= 11 is 0. The third kappa shape index (κ3) is 4.81. The van der Waals surface area contributed by atoms with Gasteiger partial charge in [-0.05, 0) is 12.5 Å². The molecule has 116 valence electrons. The van der Waals surface area contributed by atoms with Crippen LogP contribution in [0.2, 0.25) is 0 Å². The first-order valence-corrected chi connectivity index (χ1v) is 7.54. The van der Waals surface area contributed by atoms with Crippen molar-refractivity contribution >= 4 is 5.91 Å². The Kier molecular flexibility index (Phi) is 6.17. The maximum Gasteiger partial charge on any atom is 0.236 e. The smallest absolute Gasteiger partial charge is 0.236 e. The molecule has 5 nitrogen and oxygen atoms in total. The van der Waals surface area contributed by atoms with Crippen LogP contribution in [0, 0.1) is 0 Å². The molecule has 21 heavy (non-hydrogen) atoms. The summed E-state index contributed by atoms with van der Waals surface area (Å²) in [5, 5.41) is 0. The number of carbonyl (C=O) groups excluding carboxylic acids is 1. The zero-order chi connectivity index (χ0) is 15.1. The molecule has 1 saturated heterocycles. The predicted molar refractivity (Wildman–Crippen MR) is 82.8 cm³/mol. The number of nitrogens with zero attached hydrogens (tertiary/aromatic N) is 2. The maximum atomic E-state index is 12.2. The normalized spacial score (nSPS) is 17.4. The molecule has 1 fully saturated rings. The summed E-state index contributed by atoms with van der Waals surface area (Å²) in [5.74, 6) is -0.000359. The van der Waals surface area contributed by atoms with Crippen LogP contribution in [-0.2, 0) is 16.1 Å². The van der Waals surface area contributed by atoms with Crippen LogP contribution in [0.5, 0.6) is 0 Å². The lowest BCUT2D eigenvalue weighted by Gasteiger charge is -2.35. The van der Waals surface area contributed by atoms with E-state index in [0.29, 0.717) is 6.54 Å². The summed E-state index contributed by atoms with van der Waals surface area (Å²) in [6, 6.07) is 10.2. The van der Waals surface area contributed by atoms with Gasteiger partial charge in [-0.1, -0.05) is 30.3 Å². The third-order valence-electron chi connectivity index (χ3n) is 3.85. The Morgan fingerprint density at radius 2 is 2.00 bits per heavy atom. The fourth-order valence-corrected chi connectivity index (χ4v) is 2.64. The third-order valence-corrected chi connectivity index (χ3v) is 3.85. The van der Waals surface area contributed by atoms with E-state index in [1.165, 1.54) is 0 Å². The van der Waals surface area contributed by atoms with E-state index in [1.807, 2.05) is 35.2 Å². The Balaban J connectivity index is 1.99. The number of morpholine rings is 1. The highest BCUT2D eigenvalue weighted by Crippen LogP contribution is 2.11. The number of carbonyl (C=O) groups is 1. The van der Waals surface area contributed by atoms with Gasteiger partial charge in [-0.3, -0.25) is 9.69 Å². The van der Waals surface area contributed by atoms with E-state index in [2.05, 4.69) is 11.8 Å². The molecule has 0 radical (unpaired) electrons. The van der Waals surface area contributed by atoms with E-state index in [1.54, 1.807) is 0 Å². The molecule has 1 atom stereocenters. The van der Waals surface area contributed by atoms with Crippen LogP contribution >= 0.6 is 0 Å². The largest absolute Gasteiger partial charge is 0.379 e. The Bertz CT molecular complexity index is 432. The fraction of sp³-hybridized carbons (Fsp3) is 0.562. The summed E-state index contributed by atoms with van der Waals surface area (Å²) in [4.78, 5) is 16.4. The van der Waals surface area contributed by atoms with Crippen molar-refractivity contribution in [3.05, 3.63) is 35.9 Å². The summed E-state index contributed by atoms with van der Waals surface area (Å²) < 4.78 is 5.36. The van der Waals surface area contributed by atoms with Crippen LogP contribution < -0.4 is 5.73 Å². The quantitative estimate of drug-likeness (QED) is 0.838. The van der Waals surface area contributed by atoms with Gasteiger partial charge in [0.15, 0.2) is 0 Å².